The summed E-state index contributed by atoms with van der Waals surface area (Å²) in [5.74, 6) is -0.0564. The van der Waals surface area contributed by atoms with Crippen LogP contribution < -0.4 is 5.32 Å². The second-order valence-electron chi connectivity index (χ2n) is 5.03. The van der Waals surface area contributed by atoms with Gasteiger partial charge in [-0.15, -0.1) is 0 Å². The molecule has 2 N–H and O–H groups in total. The van der Waals surface area contributed by atoms with Crippen molar-refractivity contribution in [3.63, 3.8) is 0 Å². The minimum atomic E-state index is -0.0564. The van der Waals surface area contributed by atoms with Crippen LogP contribution in [0.3, 0.4) is 0 Å². The monoisotopic (exact) mass is 291 g/mol. The lowest BCUT2D eigenvalue weighted by molar-refractivity contribution is 0.0954. The molecule has 1 heterocycles. The molecule has 0 aliphatic rings. The summed E-state index contributed by atoms with van der Waals surface area (Å²) in [5, 5.41) is 9.66. The van der Waals surface area contributed by atoms with Gasteiger partial charge in [-0.05, 0) is 29.3 Å². The SMILES string of the molecule is O=C(NCCc1ccn[nH]1)c1ccc(-c2ccccc2)cc1. The molecule has 3 rings (SSSR count). The summed E-state index contributed by atoms with van der Waals surface area (Å²) in [6.07, 6.45) is 2.45. The Kier molecular flexibility index (Phi) is 4.30. The highest BCUT2D eigenvalue weighted by Gasteiger charge is 2.05. The predicted octanol–water partition coefficient (Wildman–Crippen LogP) is 3.05. The van der Waals surface area contributed by atoms with Crippen LogP contribution in [0.1, 0.15) is 16.1 Å². The van der Waals surface area contributed by atoms with E-state index >= 15 is 0 Å². The van der Waals surface area contributed by atoms with Gasteiger partial charge in [0.25, 0.3) is 5.91 Å². The van der Waals surface area contributed by atoms with Crippen molar-refractivity contribution < 1.29 is 4.79 Å². The van der Waals surface area contributed by atoms with Crippen LogP contribution in [0.2, 0.25) is 0 Å². The molecule has 4 heteroatoms. The second-order valence-corrected chi connectivity index (χ2v) is 5.03. The van der Waals surface area contributed by atoms with Crippen LogP contribution in [0, 0.1) is 0 Å². The van der Waals surface area contributed by atoms with E-state index in [2.05, 4.69) is 27.6 Å². The van der Waals surface area contributed by atoms with E-state index in [4.69, 9.17) is 0 Å². The highest BCUT2D eigenvalue weighted by atomic mass is 16.1. The fourth-order valence-electron chi connectivity index (χ4n) is 2.28. The average molecular weight is 291 g/mol. The van der Waals surface area contributed by atoms with E-state index in [1.165, 1.54) is 0 Å². The minimum Gasteiger partial charge on any atom is -0.352 e. The van der Waals surface area contributed by atoms with E-state index in [-0.39, 0.29) is 5.91 Å². The molecule has 2 aromatic carbocycles. The number of nitrogens with one attached hydrogen (secondary N) is 2. The molecule has 0 aliphatic carbocycles. The average Bonchev–Trinajstić information content (AvgIpc) is 3.09. The van der Waals surface area contributed by atoms with Gasteiger partial charge in [0, 0.05) is 30.4 Å². The number of amides is 1. The van der Waals surface area contributed by atoms with Gasteiger partial charge in [-0.3, -0.25) is 9.89 Å². The van der Waals surface area contributed by atoms with Gasteiger partial charge in [-0.2, -0.15) is 5.10 Å². The summed E-state index contributed by atoms with van der Waals surface area (Å²) in [6.45, 7) is 0.585. The molecule has 0 saturated carbocycles. The summed E-state index contributed by atoms with van der Waals surface area (Å²) < 4.78 is 0. The van der Waals surface area contributed by atoms with Gasteiger partial charge in [0.1, 0.15) is 0 Å². The summed E-state index contributed by atoms with van der Waals surface area (Å²) in [6, 6.07) is 19.7. The molecule has 0 spiro atoms. The van der Waals surface area contributed by atoms with E-state index in [0.717, 1.165) is 23.2 Å². The van der Waals surface area contributed by atoms with Gasteiger partial charge < -0.3 is 5.32 Å². The first-order valence-electron chi connectivity index (χ1n) is 7.25. The number of hydrogen-bond acceptors (Lipinski definition) is 2. The molecule has 0 unspecified atom stereocenters. The Balaban J connectivity index is 1.59. The lowest BCUT2D eigenvalue weighted by atomic mass is 10.0. The van der Waals surface area contributed by atoms with Gasteiger partial charge in [-0.25, -0.2) is 0 Å². The third-order valence-corrected chi connectivity index (χ3v) is 3.49. The molecule has 0 radical (unpaired) electrons. The lowest BCUT2D eigenvalue weighted by Gasteiger charge is -2.06. The standard InChI is InChI=1S/C18H17N3O/c22-18(19-12-10-17-11-13-20-21-17)16-8-6-15(7-9-16)14-4-2-1-3-5-14/h1-9,11,13H,10,12H2,(H,19,22)(H,20,21). The number of H-pyrrole nitrogens is 1. The number of aromatic nitrogens is 2. The molecule has 1 amide bonds. The van der Waals surface area contributed by atoms with Crippen LogP contribution in [0.25, 0.3) is 11.1 Å². The number of carbonyl (C=O) groups excluding carboxylic acids is 1. The third-order valence-electron chi connectivity index (χ3n) is 3.49. The van der Waals surface area contributed by atoms with Crippen molar-refractivity contribution in [1.29, 1.82) is 0 Å². The van der Waals surface area contributed by atoms with Crippen LogP contribution in [0.4, 0.5) is 0 Å². The smallest absolute Gasteiger partial charge is 0.251 e. The molecular formula is C18H17N3O. The molecular weight excluding hydrogens is 274 g/mol. The fourth-order valence-corrected chi connectivity index (χ4v) is 2.28. The maximum Gasteiger partial charge on any atom is 0.251 e. The number of aromatic amines is 1. The topological polar surface area (TPSA) is 57.8 Å². The molecule has 0 bridgehead atoms. The Hall–Kier alpha value is -2.88. The minimum absolute atomic E-state index is 0.0564. The van der Waals surface area contributed by atoms with Gasteiger partial charge in [-0.1, -0.05) is 42.5 Å². The number of benzene rings is 2. The van der Waals surface area contributed by atoms with Crippen LogP contribution in [-0.4, -0.2) is 22.6 Å². The molecule has 0 fully saturated rings. The highest BCUT2D eigenvalue weighted by molar-refractivity contribution is 5.94. The largest absolute Gasteiger partial charge is 0.352 e. The Bertz CT molecular complexity index is 719. The van der Waals surface area contributed by atoms with E-state index < -0.39 is 0 Å². The molecule has 110 valence electrons. The number of nitrogens with zero attached hydrogens (tertiary/aromatic N) is 1. The van der Waals surface area contributed by atoms with Crippen molar-refractivity contribution in [2.75, 3.05) is 6.54 Å². The van der Waals surface area contributed by atoms with Gasteiger partial charge in [0.15, 0.2) is 0 Å². The number of rotatable bonds is 5. The third kappa shape index (κ3) is 3.41. The van der Waals surface area contributed by atoms with Crippen LogP contribution >= 0.6 is 0 Å². The first-order valence-corrected chi connectivity index (χ1v) is 7.25. The van der Waals surface area contributed by atoms with E-state index in [9.17, 15) is 4.79 Å². The lowest BCUT2D eigenvalue weighted by Crippen LogP contribution is -2.25. The van der Waals surface area contributed by atoms with Crippen molar-refractivity contribution >= 4 is 5.91 Å². The zero-order chi connectivity index (χ0) is 15.2. The maximum absolute atomic E-state index is 12.1. The second kappa shape index (κ2) is 6.72. The van der Waals surface area contributed by atoms with Gasteiger partial charge in [0.2, 0.25) is 0 Å². The quantitative estimate of drug-likeness (QED) is 0.759. The zero-order valence-electron chi connectivity index (χ0n) is 12.1. The van der Waals surface area contributed by atoms with Gasteiger partial charge in [0.05, 0.1) is 0 Å². The van der Waals surface area contributed by atoms with Crippen molar-refractivity contribution in [1.82, 2.24) is 15.5 Å². The molecule has 0 aliphatic heterocycles. The molecule has 3 aromatic rings. The first kappa shape index (κ1) is 14.1. The summed E-state index contributed by atoms with van der Waals surface area (Å²) in [7, 11) is 0. The highest BCUT2D eigenvalue weighted by Crippen LogP contribution is 2.19. The van der Waals surface area contributed by atoms with Crippen LogP contribution in [0.15, 0.2) is 66.9 Å². The van der Waals surface area contributed by atoms with Crippen molar-refractivity contribution in [3.8, 4) is 11.1 Å². The summed E-state index contributed by atoms with van der Waals surface area (Å²) in [5.41, 5.74) is 3.94. The van der Waals surface area contributed by atoms with Gasteiger partial charge >= 0.3 is 0 Å². The van der Waals surface area contributed by atoms with E-state index in [1.54, 1.807) is 6.20 Å². The molecule has 1 aromatic heterocycles. The Morgan fingerprint density at radius 1 is 0.955 bits per heavy atom. The first-order chi connectivity index (χ1) is 10.8. The number of carbonyl (C=O) groups is 1. The fraction of sp³-hybridized carbons (Fsp3) is 0.111. The summed E-state index contributed by atoms with van der Waals surface area (Å²) in [4.78, 5) is 12.1. The number of hydrogen-bond donors (Lipinski definition) is 2. The molecule has 0 atom stereocenters. The molecule has 22 heavy (non-hydrogen) atoms. The Morgan fingerprint density at radius 2 is 1.68 bits per heavy atom. The predicted molar refractivity (Wildman–Crippen MR) is 86.5 cm³/mol. The summed E-state index contributed by atoms with van der Waals surface area (Å²) >= 11 is 0. The van der Waals surface area contributed by atoms with Crippen LogP contribution in [-0.2, 0) is 6.42 Å². The Morgan fingerprint density at radius 3 is 2.36 bits per heavy atom. The van der Waals surface area contributed by atoms with E-state index in [1.807, 2.05) is 48.5 Å². The molecule has 0 saturated heterocycles. The Labute approximate surface area is 129 Å². The maximum atomic E-state index is 12.1. The molecule has 4 nitrogen and oxygen atoms in total. The normalized spacial score (nSPS) is 10.4. The zero-order valence-corrected chi connectivity index (χ0v) is 12.1. The van der Waals surface area contributed by atoms with Crippen molar-refractivity contribution in [2.24, 2.45) is 0 Å². The van der Waals surface area contributed by atoms with Crippen molar-refractivity contribution in [2.45, 2.75) is 6.42 Å². The van der Waals surface area contributed by atoms with Crippen molar-refractivity contribution in [3.05, 3.63) is 78.1 Å². The van der Waals surface area contributed by atoms with E-state index in [0.29, 0.717) is 12.1 Å². The van der Waals surface area contributed by atoms with Crippen LogP contribution in [0.5, 0.6) is 0 Å².